The van der Waals surface area contributed by atoms with E-state index in [1.54, 1.807) is 0 Å². The van der Waals surface area contributed by atoms with E-state index in [1.165, 1.54) is 6.92 Å². The predicted molar refractivity (Wildman–Crippen MR) is 166 cm³/mol. The molecule has 0 aromatic rings. The standard InChI is InChI=1S/C28H51N9O10/c1-15(2)10-20-26(44)32-13-22(39)35-19(6-4-5-9-29)28(46)33-16(3)25(43)37-47-14-23(40)34-17(11-24(41)42)12-31-18(27(45)36-20)7-8-21(30)38/h15-20,25,31,37,43H,4-14,29H2,1-3H3,(H2,30,38)(H,32,44)(H,33,46)(H,34,40)(H,35,39)(H,36,45)(H,41,42)/t16-,17?,18-,19-,20-,25?/m0/s1. The average Bonchev–Trinajstić information content (AvgIpc) is 2.97. The van der Waals surface area contributed by atoms with Crippen LogP contribution in [-0.4, -0.2) is 114 Å². The van der Waals surface area contributed by atoms with Gasteiger partial charge in [0, 0.05) is 13.0 Å². The number of amides is 6. The first kappa shape index (κ1) is 41.1. The van der Waals surface area contributed by atoms with Gasteiger partial charge in [-0.3, -0.25) is 38.4 Å². The van der Waals surface area contributed by atoms with Crippen molar-refractivity contribution in [2.24, 2.45) is 17.4 Å². The number of carbonyl (C=O) groups excluding carboxylic acids is 6. The molecule has 0 aromatic heterocycles. The van der Waals surface area contributed by atoms with Crippen LogP contribution in [0, 0.1) is 5.92 Å². The summed E-state index contributed by atoms with van der Waals surface area (Å²) in [6.07, 6.45) is -0.919. The van der Waals surface area contributed by atoms with E-state index in [9.17, 15) is 43.8 Å². The summed E-state index contributed by atoms with van der Waals surface area (Å²) in [5.74, 6) is -5.50. The van der Waals surface area contributed by atoms with E-state index in [-0.39, 0.29) is 38.1 Å². The molecular formula is C28H51N9O10. The van der Waals surface area contributed by atoms with Gasteiger partial charge in [0.25, 0.3) is 0 Å². The van der Waals surface area contributed by atoms with Gasteiger partial charge in [-0.05, 0) is 51.5 Å². The molecule has 268 valence electrons. The van der Waals surface area contributed by atoms with Crippen LogP contribution in [0.2, 0.25) is 0 Å². The zero-order valence-electron chi connectivity index (χ0n) is 27.1. The minimum absolute atomic E-state index is 0.0738. The Morgan fingerprint density at radius 2 is 1.60 bits per heavy atom. The zero-order chi connectivity index (χ0) is 35.5. The smallest absolute Gasteiger partial charge is 0.305 e. The highest BCUT2D eigenvalue weighted by Gasteiger charge is 2.29. The lowest BCUT2D eigenvalue weighted by Crippen LogP contribution is -2.57. The lowest BCUT2D eigenvalue weighted by Gasteiger charge is -2.27. The number of nitrogens with one attached hydrogen (secondary N) is 7. The van der Waals surface area contributed by atoms with Crippen LogP contribution in [0.15, 0.2) is 0 Å². The Morgan fingerprint density at radius 1 is 0.915 bits per heavy atom. The first-order valence-electron chi connectivity index (χ1n) is 15.6. The molecule has 19 nitrogen and oxygen atoms in total. The Morgan fingerprint density at radius 3 is 2.21 bits per heavy atom. The molecule has 1 aliphatic heterocycles. The molecule has 0 aromatic carbocycles. The van der Waals surface area contributed by atoms with Crippen molar-refractivity contribution >= 4 is 41.4 Å². The summed E-state index contributed by atoms with van der Waals surface area (Å²) in [6.45, 7) is 4.03. The van der Waals surface area contributed by atoms with E-state index in [4.69, 9.17) is 16.3 Å². The number of rotatable bonds is 11. The Balaban J connectivity index is 3.32. The van der Waals surface area contributed by atoms with E-state index in [0.717, 1.165) is 0 Å². The first-order valence-corrected chi connectivity index (χ1v) is 15.6. The fourth-order valence-electron chi connectivity index (χ4n) is 4.52. The third-order valence-corrected chi connectivity index (χ3v) is 7.01. The molecule has 0 radical (unpaired) electrons. The van der Waals surface area contributed by atoms with Crippen LogP contribution in [0.4, 0.5) is 0 Å². The van der Waals surface area contributed by atoms with Gasteiger partial charge in [-0.15, -0.1) is 0 Å². The highest BCUT2D eigenvalue weighted by molar-refractivity contribution is 5.93. The van der Waals surface area contributed by atoms with Crippen LogP contribution in [0.25, 0.3) is 0 Å². The van der Waals surface area contributed by atoms with Crippen LogP contribution in [-0.2, 0) is 38.4 Å². The largest absolute Gasteiger partial charge is 0.481 e. The van der Waals surface area contributed by atoms with Crippen molar-refractivity contribution in [2.75, 3.05) is 26.2 Å². The van der Waals surface area contributed by atoms with Gasteiger partial charge in [-0.1, -0.05) is 13.8 Å². The van der Waals surface area contributed by atoms with Gasteiger partial charge in [-0.2, -0.15) is 5.48 Å². The summed E-state index contributed by atoms with van der Waals surface area (Å²) in [5.41, 5.74) is 13.0. The number of aliphatic hydroxyl groups is 1. The quantitative estimate of drug-likeness (QED) is 0.0928. The zero-order valence-corrected chi connectivity index (χ0v) is 27.1. The second-order valence-corrected chi connectivity index (χ2v) is 11.8. The SMILES string of the molecule is CC(C)C[C@@H]1NC(=O)[C@H](CCC(N)=O)NCC(CC(=O)O)NC(=O)CONC(O)[C@H](C)NC(=O)[C@H](CCCCN)NC(=O)CNC1=O. The Hall–Kier alpha value is -3.91. The molecule has 47 heavy (non-hydrogen) atoms. The average molecular weight is 674 g/mol. The lowest BCUT2D eigenvalue weighted by molar-refractivity contribution is -0.139. The molecule has 1 rings (SSSR count). The second kappa shape index (κ2) is 21.8. The minimum atomic E-state index is -1.50. The number of carboxylic acid groups (broad SMARTS) is 1. The van der Waals surface area contributed by atoms with Gasteiger partial charge in [0.1, 0.15) is 24.9 Å². The van der Waals surface area contributed by atoms with Gasteiger partial charge < -0.3 is 53.6 Å². The molecule has 0 bridgehead atoms. The summed E-state index contributed by atoms with van der Waals surface area (Å²) in [6, 6.07) is -5.27. The molecule has 1 fully saturated rings. The van der Waals surface area contributed by atoms with Crippen LogP contribution < -0.4 is 48.8 Å². The maximum Gasteiger partial charge on any atom is 0.305 e. The molecular weight excluding hydrogens is 622 g/mol. The van der Waals surface area contributed by atoms with Crippen molar-refractivity contribution in [3.63, 3.8) is 0 Å². The molecule has 13 N–H and O–H groups in total. The highest BCUT2D eigenvalue weighted by atomic mass is 16.7. The van der Waals surface area contributed by atoms with E-state index >= 15 is 0 Å². The van der Waals surface area contributed by atoms with Gasteiger partial charge in [0.2, 0.25) is 35.4 Å². The van der Waals surface area contributed by atoms with Crippen molar-refractivity contribution < 1.29 is 48.6 Å². The molecule has 1 aliphatic rings. The third-order valence-electron chi connectivity index (χ3n) is 7.01. The topological polar surface area (TPSA) is 305 Å². The van der Waals surface area contributed by atoms with E-state index in [0.29, 0.717) is 19.4 Å². The highest BCUT2D eigenvalue weighted by Crippen LogP contribution is 2.08. The van der Waals surface area contributed by atoms with E-state index in [1.807, 2.05) is 13.8 Å². The van der Waals surface area contributed by atoms with Gasteiger partial charge in [0.05, 0.1) is 31.1 Å². The second-order valence-electron chi connectivity index (χ2n) is 11.8. The summed E-state index contributed by atoms with van der Waals surface area (Å²) in [4.78, 5) is 92.9. The van der Waals surface area contributed by atoms with E-state index < -0.39 is 97.4 Å². The Labute approximate surface area is 273 Å². The molecule has 6 amide bonds. The fourth-order valence-corrected chi connectivity index (χ4v) is 4.52. The van der Waals surface area contributed by atoms with Crippen molar-refractivity contribution in [3.8, 4) is 0 Å². The van der Waals surface area contributed by atoms with Crippen LogP contribution in [0.5, 0.6) is 0 Å². The Kier molecular flexibility index (Phi) is 19.1. The number of aliphatic hydroxyl groups excluding tert-OH is 1. The number of unbranched alkanes of at least 4 members (excludes halogenated alkanes) is 1. The fraction of sp³-hybridized carbons (Fsp3) is 0.750. The van der Waals surface area contributed by atoms with Crippen molar-refractivity contribution in [2.45, 2.75) is 102 Å². The third kappa shape index (κ3) is 17.5. The van der Waals surface area contributed by atoms with Gasteiger partial charge in [0.15, 0.2) is 0 Å². The normalized spacial score (nSPS) is 26.5. The first-order chi connectivity index (χ1) is 22.1. The van der Waals surface area contributed by atoms with Crippen molar-refractivity contribution in [3.05, 3.63) is 0 Å². The van der Waals surface area contributed by atoms with Crippen LogP contribution in [0.3, 0.4) is 0 Å². The molecule has 0 spiro atoms. The number of nitrogens with two attached hydrogens (primary N) is 2. The molecule has 1 saturated heterocycles. The maximum atomic E-state index is 13.3. The summed E-state index contributed by atoms with van der Waals surface area (Å²) >= 11 is 0. The van der Waals surface area contributed by atoms with Crippen LogP contribution in [0.1, 0.15) is 65.7 Å². The maximum absolute atomic E-state index is 13.3. The molecule has 2 unspecified atom stereocenters. The molecule has 1 heterocycles. The number of carboxylic acids is 1. The molecule has 19 heteroatoms. The minimum Gasteiger partial charge on any atom is -0.481 e. The summed E-state index contributed by atoms with van der Waals surface area (Å²) in [7, 11) is 0. The van der Waals surface area contributed by atoms with Crippen molar-refractivity contribution in [1.82, 2.24) is 37.4 Å². The molecule has 0 aliphatic carbocycles. The van der Waals surface area contributed by atoms with E-state index in [2.05, 4.69) is 37.4 Å². The Bertz CT molecular complexity index is 1080. The number of primary amides is 1. The number of hydroxylamine groups is 1. The summed E-state index contributed by atoms with van der Waals surface area (Å²) in [5, 5.41) is 35.3. The van der Waals surface area contributed by atoms with Gasteiger partial charge in [-0.25, -0.2) is 0 Å². The predicted octanol–water partition coefficient (Wildman–Crippen LogP) is -4.21. The van der Waals surface area contributed by atoms with Crippen molar-refractivity contribution in [1.29, 1.82) is 0 Å². The monoisotopic (exact) mass is 673 g/mol. The number of aliphatic carboxylic acids is 1. The number of hydrogen-bond acceptors (Lipinski definition) is 12. The molecule has 0 saturated carbocycles. The lowest BCUT2D eigenvalue weighted by atomic mass is 10.0. The van der Waals surface area contributed by atoms with Crippen LogP contribution >= 0.6 is 0 Å². The number of hydrogen-bond donors (Lipinski definition) is 11. The molecule has 6 atom stereocenters. The van der Waals surface area contributed by atoms with Gasteiger partial charge >= 0.3 is 5.97 Å². The number of carbonyl (C=O) groups is 7. The summed E-state index contributed by atoms with van der Waals surface area (Å²) < 4.78 is 0.